The van der Waals surface area contributed by atoms with E-state index in [4.69, 9.17) is 0 Å². The van der Waals surface area contributed by atoms with Crippen LogP contribution in [0.4, 0.5) is 4.79 Å². The molecule has 1 rings (SSSR count). The summed E-state index contributed by atoms with van der Waals surface area (Å²) in [4.78, 5) is 13.5. The second-order valence-corrected chi connectivity index (χ2v) is 4.71. The van der Waals surface area contributed by atoms with Gasteiger partial charge < -0.3 is 15.7 Å². The monoisotopic (exact) mass is 229 g/mol. The van der Waals surface area contributed by atoms with Gasteiger partial charge in [-0.3, -0.25) is 4.90 Å². The molecule has 0 aromatic rings. The van der Waals surface area contributed by atoms with Gasteiger partial charge in [0.25, 0.3) is 0 Å². The molecule has 1 unspecified atom stereocenters. The number of rotatable bonds is 3. The molecule has 0 radical (unpaired) electrons. The number of carbonyl (C=O) groups is 1. The molecule has 1 fully saturated rings. The molecule has 0 aliphatic carbocycles. The molecule has 16 heavy (non-hydrogen) atoms. The summed E-state index contributed by atoms with van der Waals surface area (Å²) in [6, 6.07) is 0.303. The van der Waals surface area contributed by atoms with Crippen molar-refractivity contribution < 1.29 is 9.90 Å². The maximum Gasteiger partial charge on any atom is 0.315 e. The summed E-state index contributed by atoms with van der Waals surface area (Å²) in [7, 11) is 0. The van der Waals surface area contributed by atoms with E-state index in [9.17, 15) is 9.90 Å². The van der Waals surface area contributed by atoms with Gasteiger partial charge in [-0.25, -0.2) is 4.79 Å². The molecule has 1 atom stereocenters. The van der Waals surface area contributed by atoms with Crippen LogP contribution in [0, 0.1) is 0 Å². The number of likely N-dealkylation sites (tertiary alicyclic amines) is 1. The summed E-state index contributed by atoms with van der Waals surface area (Å²) in [6.45, 7) is 7.33. The molecule has 0 spiro atoms. The molecule has 0 saturated carbocycles. The van der Waals surface area contributed by atoms with E-state index >= 15 is 0 Å². The Kier molecular flexibility index (Phi) is 5.02. The molecule has 2 amide bonds. The van der Waals surface area contributed by atoms with Crippen molar-refractivity contribution in [2.45, 2.75) is 51.9 Å². The van der Waals surface area contributed by atoms with Gasteiger partial charge in [0.15, 0.2) is 0 Å². The number of hydrogen-bond acceptors (Lipinski definition) is 3. The van der Waals surface area contributed by atoms with Crippen molar-refractivity contribution in [3.05, 3.63) is 0 Å². The van der Waals surface area contributed by atoms with Gasteiger partial charge in [-0.1, -0.05) is 0 Å². The minimum absolute atomic E-state index is 0.0921. The van der Waals surface area contributed by atoms with Crippen molar-refractivity contribution in [3.63, 3.8) is 0 Å². The van der Waals surface area contributed by atoms with E-state index in [0.29, 0.717) is 0 Å². The highest BCUT2D eigenvalue weighted by atomic mass is 16.3. The molecule has 1 aliphatic heterocycles. The fourth-order valence-corrected chi connectivity index (χ4v) is 1.91. The highest BCUT2D eigenvalue weighted by molar-refractivity contribution is 5.74. The molecule has 5 nitrogen and oxygen atoms in total. The number of hydrogen-bond donors (Lipinski definition) is 3. The van der Waals surface area contributed by atoms with Crippen molar-refractivity contribution in [3.8, 4) is 0 Å². The van der Waals surface area contributed by atoms with Crippen LogP contribution in [0.3, 0.4) is 0 Å². The standard InChI is InChI=1S/C11H23N3O2/c1-8(2)12-11(16)13-10-4-6-14(7-5-10)9(3)15/h8-10,15H,4-7H2,1-3H3,(H2,12,13,16). The number of carbonyl (C=O) groups excluding carboxylic acids is 1. The lowest BCUT2D eigenvalue weighted by Gasteiger charge is -2.34. The second-order valence-electron chi connectivity index (χ2n) is 4.71. The van der Waals surface area contributed by atoms with Crippen LogP contribution in [0.1, 0.15) is 33.6 Å². The topological polar surface area (TPSA) is 64.6 Å². The van der Waals surface area contributed by atoms with Gasteiger partial charge in [0.05, 0.1) is 0 Å². The molecule has 0 aromatic heterocycles. The first-order valence-corrected chi connectivity index (χ1v) is 5.98. The average Bonchev–Trinajstić information content (AvgIpc) is 2.16. The second kappa shape index (κ2) is 6.06. The molecule has 5 heteroatoms. The lowest BCUT2D eigenvalue weighted by Crippen LogP contribution is -2.50. The number of amides is 2. The Morgan fingerprint density at radius 3 is 2.31 bits per heavy atom. The summed E-state index contributed by atoms with van der Waals surface area (Å²) in [6.07, 6.45) is 1.41. The van der Waals surface area contributed by atoms with Gasteiger partial charge in [-0.15, -0.1) is 0 Å². The Morgan fingerprint density at radius 2 is 1.88 bits per heavy atom. The largest absolute Gasteiger partial charge is 0.379 e. The van der Waals surface area contributed by atoms with Gasteiger partial charge in [0.2, 0.25) is 0 Å². The molecule has 0 bridgehead atoms. The molecule has 1 aliphatic rings. The van der Waals surface area contributed by atoms with Gasteiger partial charge in [-0.2, -0.15) is 0 Å². The zero-order valence-electron chi connectivity index (χ0n) is 10.4. The number of urea groups is 1. The SMILES string of the molecule is CC(C)NC(=O)NC1CCN(C(C)O)CC1. The van der Waals surface area contributed by atoms with Crippen LogP contribution in [0.25, 0.3) is 0 Å². The van der Waals surface area contributed by atoms with E-state index in [1.807, 2.05) is 18.7 Å². The Morgan fingerprint density at radius 1 is 1.31 bits per heavy atom. The Hall–Kier alpha value is -0.810. The molecule has 94 valence electrons. The van der Waals surface area contributed by atoms with E-state index in [1.54, 1.807) is 6.92 Å². The minimum Gasteiger partial charge on any atom is -0.379 e. The third-order valence-electron chi connectivity index (χ3n) is 2.81. The van der Waals surface area contributed by atoms with Gasteiger partial charge >= 0.3 is 6.03 Å². The Balaban J connectivity index is 2.24. The molecule has 1 heterocycles. The van der Waals surface area contributed by atoms with Gasteiger partial charge in [0, 0.05) is 25.2 Å². The first kappa shape index (κ1) is 13.3. The Labute approximate surface area is 97.2 Å². The average molecular weight is 229 g/mol. The highest BCUT2D eigenvalue weighted by Crippen LogP contribution is 2.11. The van der Waals surface area contributed by atoms with Crippen molar-refractivity contribution in [2.24, 2.45) is 0 Å². The molecule has 0 aromatic carbocycles. The summed E-state index contributed by atoms with van der Waals surface area (Å²) in [5.41, 5.74) is 0. The first-order valence-electron chi connectivity index (χ1n) is 5.98. The molecular weight excluding hydrogens is 206 g/mol. The third-order valence-corrected chi connectivity index (χ3v) is 2.81. The summed E-state index contributed by atoms with van der Waals surface area (Å²) in [5.74, 6) is 0. The van der Waals surface area contributed by atoms with E-state index < -0.39 is 0 Å². The number of nitrogens with one attached hydrogen (secondary N) is 2. The smallest absolute Gasteiger partial charge is 0.315 e. The lowest BCUT2D eigenvalue weighted by atomic mass is 10.1. The Bertz CT molecular complexity index is 223. The van der Waals surface area contributed by atoms with Crippen molar-refractivity contribution in [1.82, 2.24) is 15.5 Å². The normalized spacial score (nSPS) is 20.8. The van der Waals surface area contributed by atoms with Crippen molar-refractivity contribution in [2.75, 3.05) is 13.1 Å². The predicted molar refractivity (Wildman–Crippen MR) is 63.1 cm³/mol. The summed E-state index contributed by atoms with van der Waals surface area (Å²) in [5, 5.41) is 15.2. The molecule has 1 saturated heterocycles. The van der Waals surface area contributed by atoms with E-state index in [2.05, 4.69) is 10.6 Å². The quantitative estimate of drug-likeness (QED) is 0.660. The van der Waals surface area contributed by atoms with Crippen LogP contribution in [-0.2, 0) is 0 Å². The predicted octanol–water partition coefficient (Wildman–Crippen LogP) is 0.497. The van der Waals surface area contributed by atoms with Gasteiger partial charge in [0.1, 0.15) is 6.23 Å². The van der Waals surface area contributed by atoms with Crippen LogP contribution in [0.15, 0.2) is 0 Å². The fourth-order valence-electron chi connectivity index (χ4n) is 1.91. The van der Waals surface area contributed by atoms with E-state index in [1.165, 1.54) is 0 Å². The molecular formula is C11H23N3O2. The fraction of sp³-hybridized carbons (Fsp3) is 0.909. The van der Waals surface area contributed by atoms with Crippen molar-refractivity contribution in [1.29, 1.82) is 0 Å². The summed E-state index contributed by atoms with van der Waals surface area (Å²) >= 11 is 0. The maximum atomic E-state index is 11.5. The van der Waals surface area contributed by atoms with E-state index in [-0.39, 0.29) is 24.3 Å². The van der Waals surface area contributed by atoms with Crippen LogP contribution in [0.5, 0.6) is 0 Å². The third kappa shape index (κ3) is 4.37. The number of aliphatic hydroxyl groups excluding tert-OH is 1. The lowest BCUT2D eigenvalue weighted by molar-refractivity contribution is 0.00192. The highest BCUT2D eigenvalue weighted by Gasteiger charge is 2.22. The van der Waals surface area contributed by atoms with Crippen molar-refractivity contribution >= 4 is 6.03 Å². The number of piperidine rings is 1. The van der Waals surface area contributed by atoms with Crippen LogP contribution < -0.4 is 10.6 Å². The maximum absolute atomic E-state index is 11.5. The van der Waals surface area contributed by atoms with Crippen LogP contribution >= 0.6 is 0 Å². The zero-order chi connectivity index (χ0) is 12.1. The minimum atomic E-state index is -0.384. The van der Waals surface area contributed by atoms with E-state index in [0.717, 1.165) is 25.9 Å². The summed E-state index contributed by atoms with van der Waals surface area (Å²) < 4.78 is 0. The van der Waals surface area contributed by atoms with Crippen LogP contribution in [0.2, 0.25) is 0 Å². The number of aliphatic hydroxyl groups is 1. The zero-order valence-corrected chi connectivity index (χ0v) is 10.4. The molecule has 3 N–H and O–H groups in total. The van der Waals surface area contributed by atoms with Gasteiger partial charge in [-0.05, 0) is 33.6 Å². The first-order chi connectivity index (χ1) is 7.49. The van der Waals surface area contributed by atoms with Crippen LogP contribution in [-0.4, -0.2) is 47.4 Å². The number of nitrogens with zero attached hydrogens (tertiary/aromatic N) is 1.